The molecule has 2 aromatic heterocycles. The fourth-order valence-corrected chi connectivity index (χ4v) is 2.12. The Morgan fingerprint density at radius 1 is 1.41 bits per heavy atom. The summed E-state index contributed by atoms with van der Waals surface area (Å²) in [5.41, 5.74) is 5.70. The van der Waals surface area contributed by atoms with Crippen LogP contribution in [-0.2, 0) is 5.54 Å². The van der Waals surface area contributed by atoms with E-state index in [1.807, 2.05) is 0 Å². The first-order valence-corrected chi connectivity index (χ1v) is 5.85. The van der Waals surface area contributed by atoms with Gasteiger partial charge in [-0.25, -0.2) is 0 Å². The molecule has 2 aromatic rings. The summed E-state index contributed by atoms with van der Waals surface area (Å²) in [5.74, 6) is 1.47. The zero-order chi connectivity index (χ0) is 11.2. The highest BCUT2D eigenvalue weighted by molar-refractivity contribution is 9.10. The van der Waals surface area contributed by atoms with Gasteiger partial charge in [-0.1, -0.05) is 5.16 Å². The van der Waals surface area contributed by atoms with Crippen LogP contribution in [0, 0.1) is 0 Å². The predicted molar refractivity (Wildman–Crippen MR) is 66.7 cm³/mol. The van der Waals surface area contributed by atoms with Crippen molar-refractivity contribution in [3.63, 3.8) is 0 Å². The summed E-state index contributed by atoms with van der Waals surface area (Å²) in [4.78, 5) is 4.28. The topological polar surface area (TPSA) is 78.1 Å². The van der Waals surface area contributed by atoms with Gasteiger partial charge in [0, 0.05) is 0 Å². The normalized spacial score (nSPS) is 17.3. The summed E-state index contributed by atoms with van der Waals surface area (Å²) in [6, 6.07) is 1.78. The van der Waals surface area contributed by atoms with E-state index < -0.39 is 5.54 Å². The third kappa shape index (κ3) is 2.00. The van der Waals surface area contributed by atoms with Gasteiger partial charge < -0.3 is 14.7 Å². The average molecular weight is 321 g/mol. The molecule has 5 nitrogen and oxygen atoms in total. The number of hydrogen-bond donors (Lipinski definition) is 1. The van der Waals surface area contributed by atoms with Crippen molar-refractivity contribution in [3.8, 4) is 11.7 Å². The monoisotopic (exact) mass is 319 g/mol. The molecule has 0 atom stereocenters. The van der Waals surface area contributed by atoms with Crippen LogP contribution < -0.4 is 5.73 Å². The Bertz CT molecular complexity index is 521. The van der Waals surface area contributed by atoms with Crippen molar-refractivity contribution in [2.24, 2.45) is 5.73 Å². The van der Waals surface area contributed by atoms with Gasteiger partial charge in [0.1, 0.15) is 0 Å². The number of aromatic nitrogens is 2. The molecule has 1 fully saturated rings. The fraction of sp³-hybridized carbons (Fsp3) is 0.400. The fourth-order valence-electron chi connectivity index (χ4n) is 1.75. The first kappa shape index (κ1) is 12.6. The molecular weight excluding hydrogens is 309 g/mol. The molecule has 0 saturated heterocycles. The second kappa shape index (κ2) is 4.44. The van der Waals surface area contributed by atoms with Crippen molar-refractivity contribution in [1.82, 2.24) is 10.1 Å². The minimum Gasteiger partial charge on any atom is -0.458 e. The van der Waals surface area contributed by atoms with Gasteiger partial charge in [0.25, 0.3) is 5.89 Å². The lowest BCUT2D eigenvalue weighted by Gasteiger charge is -2.34. The van der Waals surface area contributed by atoms with Gasteiger partial charge in [-0.2, -0.15) is 4.98 Å². The van der Waals surface area contributed by atoms with Crippen molar-refractivity contribution in [2.45, 2.75) is 24.8 Å². The molecule has 17 heavy (non-hydrogen) atoms. The second-order valence-corrected chi connectivity index (χ2v) is 4.88. The summed E-state index contributed by atoms with van der Waals surface area (Å²) < 4.78 is 11.2. The van der Waals surface area contributed by atoms with Crippen LogP contribution in [0.25, 0.3) is 11.7 Å². The Labute approximate surface area is 112 Å². The van der Waals surface area contributed by atoms with E-state index in [2.05, 4.69) is 26.1 Å². The highest BCUT2D eigenvalue weighted by Crippen LogP contribution is 2.38. The molecule has 1 aliphatic rings. The van der Waals surface area contributed by atoms with Gasteiger partial charge in [0.15, 0.2) is 5.82 Å². The number of hydrogen-bond acceptors (Lipinski definition) is 5. The zero-order valence-electron chi connectivity index (χ0n) is 8.85. The molecule has 2 N–H and O–H groups in total. The molecule has 0 bridgehead atoms. The van der Waals surface area contributed by atoms with Crippen molar-refractivity contribution >= 4 is 28.3 Å². The van der Waals surface area contributed by atoms with Crippen molar-refractivity contribution in [2.75, 3.05) is 0 Å². The van der Waals surface area contributed by atoms with Gasteiger partial charge in [-0.05, 0) is 41.3 Å². The molecule has 0 unspecified atom stereocenters. The lowest BCUT2D eigenvalue weighted by atomic mass is 9.77. The summed E-state index contributed by atoms with van der Waals surface area (Å²) in [7, 11) is 0. The zero-order valence-corrected chi connectivity index (χ0v) is 11.3. The minimum atomic E-state index is -0.402. The molecule has 1 aliphatic carbocycles. The second-order valence-electron chi connectivity index (χ2n) is 4.03. The summed E-state index contributed by atoms with van der Waals surface area (Å²) >= 11 is 3.34. The lowest BCUT2D eigenvalue weighted by Crippen LogP contribution is -2.44. The van der Waals surface area contributed by atoms with E-state index in [9.17, 15) is 0 Å². The number of furan rings is 1. The molecule has 0 aromatic carbocycles. The molecule has 92 valence electrons. The molecular formula is C10H11BrClN3O2. The van der Waals surface area contributed by atoms with Crippen LogP contribution in [0.4, 0.5) is 0 Å². The molecule has 0 aliphatic heterocycles. The standard InChI is InChI=1S/C10H10BrN3O2.ClH/c11-6-2-5-15-7(6)8-13-9(14-16-8)10(12)3-1-4-10;/h2,5H,1,3-4,12H2;1H. The largest absolute Gasteiger partial charge is 0.458 e. The van der Waals surface area contributed by atoms with E-state index in [1.165, 1.54) is 0 Å². The summed E-state index contributed by atoms with van der Waals surface area (Å²) in [5, 5.41) is 3.92. The molecule has 0 spiro atoms. The van der Waals surface area contributed by atoms with Gasteiger partial charge in [0.05, 0.1) is 16.3 Å². The van der Waals surface area contributed by atoms with Gasteiger partial charge in [-0.3, -0.25) is 0 Å². The highest BCUT2D eigenvalue weighted by Gasteiger charge is 2.39. The van der Waals surface area contributed by atoms with E-state index in [4.69, 9.17) is 14.7 Å². The third-order valence-corrected chi connectivity index (χ3v) is 3.55. The smallest absolute Gasteiger partial charge is 0.294 e. The Hall–Kier alpha value is -0.850. The van der Waals surface area contributed by atoms with Crippen LogP contribution in [0.2, 0.25) is 0 Å². The molecule has 3 rings (SSSR count). The SMILES string of the molecule is Cl.NC1(c2noc(-c3occc3Br)n2)CCC1. The van der Waals surface area contributed by atoms with E-state index in [0.717, 1.165) is 23.7 Å². The number of nitrogens with two attached hydrogens (primary N) is 1. The van der Waals surface area contributed by atoms with E-state index in [-0.39, 0.29) is 12.4 Å². The number of nitrogens with zero attached hydrogens (tertiary/aromatic N) is 2. The highest BCUT2D eigenvalue weighted by atomic mass is 79.9. The van der Waals surface area contributed by atoms with Crippen LogP contribution >= 0.6 is 28.3 Å². The number of halogens is 2. The average Bonchev–Trinajstić information content (AvgIpc) is 2.82. The van der Waals surface area contributed by atoms with Crippen LogP contribution in [0.5, 0.6) is 0 Å². The van der Waals surface area contributed by atoms with Crippen LogP contribution in [0.3, 0.4) is 0 Å². The molecule has 2 heterocycles. The van der Waals surface area contributed by atoms with Crippen LogP contribution in [0.15, 0.2) is 25.7 Å². The van der Waals surface area contributed by atoms with Gasteiger partial charge >= 0.3 is 0 Å². The maximum atomic E-state index is 6.10. The Morgan fingerprint density at radius 2 is 2.18 bits per heavy atom. The van der Waals surface area contributed by atoms with Crippen molar-refractivity contribution < 1.29 is 8.94 Å². The molecule has 1 saturated carbocycles. The quantitative estimate of drug-likeness (QED) is 0.920. The maximum Gasteiger partial charge on any atom is 0.294 e. The third-order valence-electron chi connectivity index (χ3n) is 2.93. The minimum absolute atomic E-state index is 0. The van der Waals surface area contributed by atoms with Gasteiger partial charge in [0.2, 0.25) is 5.76 Å². The van der Waals surface area contributed by atoms with Crippen molar-refractivity contribution in [3.05, 3.63) is 22.6 Å². The van der Waals surface area contributed by atoms with E-state index in [1.54, 1.807) is 12.3 Å². The van der Waals surface area contributed by atoms with E-state index in [0.29, 0.717) is 17.5 Å². The molecule has 0 radical (unpaired) electrons. The van der Waals surface area contributed by atoms with Crippen LogP contribution in [0.1, 0.15) is 25.1 Å². The van der Waals surface area contributed by atoms with E-state index >= 15 is 0 Å². The first-order chi connectivity index (χ1) is 7.69. The maximum absolute atomic E-state index is 6.10. The molecule has 0 amide bonds. The predicted octanol–water partition coefficient (Wildman–Crippen LogP) is 2.85. The van der Waals surface area contributed by atoms with Gasteiger partial charge in [-0.15, -0.1) is 12.4 Å². The summed E-state index contributed by atoms with van der Waals surface area (Å²) in [6.07, 6.45) is 4.49. The van der Waals surface area contributed by atoms with Crippen LogP contribution in [-0.4, -0.2) is 10.1 Å². The molecule has 7 heteroatoms. The first-order valence-electron chi connectivity index (χ1n) is 5.05. The summed E-state index contributed by atoms with van der Waals surface area (Å²) in [6.45, 7) is 0. The Balaban J connectivity index is 0.00000108. The Morgan fingerprint density at radius 3 is 2.71 bits per heavy atom. The lowest BCUT2D eigenvalue weighted by molar-refractivity contribution is 0.229. The Kier molecular flexibility index (Phi) is 3.29. The van der Waals surface area contributed by atoms with Crippen molar-refractivity contribution in [1.29, 1.82) is 0 Å². The number of rotatable bonds is 2.